The van der Waals surface area contributed by atoms with Gasteiger partial charge in [0, 0.05) is 18.5 Å². The first kappa shape index (κ1) is 30.2. The molecule has 2 aromatic carbocycles. The van der Waals surface area contributed by atoms with E-state index >= 15 is 0 Å². The van der Waals surface area contributed by atoms with E-state index in [0.29, 0.717) is 31.8 Å². The van der Waals surface area contributed by atoms with Crippen molar-refractivity contribution in [2.45, 2.75) is 50.8 Å². The molecular formula is C24H34ClN3O6S. The van der Waals surface area contributed by atoms with E-state index in [-0.39, 0.29) is 53.6 Å². The Morgan fingerprint density at radius 1 is 1.20 bits per heavy atom. The van der Waals surface area contributed by atoms with Crippen molar-refractivity contribution in [3.8, 4) is 11.5 Å². The summed E-state index contributed by atoms with van der Waals surface area (Å²) in [4.78, 5) is 11.2. The van der Waals surface area contributed by atoms with Gasteiger partial charge in [-0.25, -0.2) is 13.1 Å². The Labute approximate surface area is 213 Å². The maximum absolute atomic E-state index is 12.7. The number of esters is 1. The van der Waals surface area contributed by atoms with Gasteiger partial charge < -0.3 is 20.3 Å². The third kappa shape index (κ3) is 9.04. The van der Waals surface area contributed by atoms with E-state index < -0.39 is 15.8 Å². The fourth-order valence-electron chi connectivity index (χ4n) is 3.20. The quantitative estimate of drug-likeness (QED) is 0.135. The van der Waals surface area contributed by atoms with Crippen LogP contribution >= 0.6 is 12.4 Å². The largest absolute Gasteiger partial charge is 0.507 e. The van der Waals surface area contributed by atoms with E-state index in [0.717, 1.165) is 17.2 Å². The molecule has 0 atom stereocenters. The van der Waals surface area contributed by atoms with Crippen molar-refractivity contribution in [1.82, 2.24) is 4.72 Å². The molecule has 0 spiro atoms. The van der Waals surface area contributed by atoms with Crippen LogP contribution in [0.2, 0.25) is 0 Å². The summed E-state index contributed by atoms with van der Waals surface area (Å²) in [7, 11) is -4.03. The fraction of sp³-hybridized carbons (Fsp3) is 0.417. The van der Waals surface area contributed by atoms with E-state index in [1.54, 1.807) is 6.92 Å². The average Bonchev–Trinajstić information content (AvgIpc) is 2.77. The van der Waals surface area contributed by atoms with Crippen molar-refractivity contribution >= 4 is 34.2 Å². The minimum absolute atomic E-state index is 0. The molecule has 0 heterocycles. The van der Waals surface area contributed by atoms with Crippen molar-refractivity contribution in [1.29, 1.82) is 5.41 Å². The first-order chi connectivity index (χ1) is 16.0. The molecule has 0 fully saturated rings. The number of hydrogen-bond acceptors (Lipinski definition) is 7. The van der Waals surface area contributed by atoms with Crippen molar-refractivity contribution in [3.05, 3.63) is 53.1 Å². The molecule has 9 nitrogen and oxygen atoms in total. The first-order valence-electron chi connectivity index (χ1n) is 11.1. The van der Waals surface area contributed by atoms with E-state index in [1.807, 2.05) is 18.2 Å². The predicted octanol–water partition coefficient (Wildman–Crippen LogP) is 3.46. The number of ether oxygens (including phenoxy) is 2. The summed E-state index contributed by atoms with van der Waals surface area (Å²) in [6.45, 7) is 6.61. The van der Waals surface area contributed by atoms with Crippen LogP contribution in [0.15, 0.2) is 41.3 Å². The molecule has 2 rings (SSSR count). The number of sulfonamides is 1. The maximum Gasteiger partial charge on any atom is 0.305 e. The fourth-order valence-corrected chi connectivity index (χ4v) is 4.35. The number of benzene rings is 2. The third-order valence-corrected chi connectivity index (χ3v) is 6.58. The highest BCUT2D eigenvalue weighted by molar-refractivity contribution is 7.89. The Morgan fingerprint density at radius 3 is 2.54 bits per heavy atom. The molecule has 0 radical (unpaired) electrons. The summed E-state index contributed by atoms with van der Waals surface area (Å²) in [5.74, 6) is -0.0775. The molecule has 0 aromatic heterocycles. The number of nitrogens with one attached hydrogen (secondary N) is 2. The second-order valence-corrected chi connectivity index (χ2v) is 9.76. The molecule has 11 heteroatoms. The molecule has 35 heavy (non-hydrogen) atoms. The SMILES string of the molecule is CCOC(=O)CCCOc1cc(C(C)C)ccc1CCNS(=O)(=O)c1cc(C(=N)N)ccc1O.Cl. The number of amidine groups is 1. The Balaban J connectivity index is 0.00000612. The lowest BCUT2D eigenvalue weighted by Gasteiger charge is -2.15. The summed E-state index contributed by atoms with van der Waals surface area (Å²) in [6, 6.07) is 9.54. The van der Waals surface area contributed by atoms with Crippen molar-refractivity contribution in [2.24, 2.45) is 5.73 Å². The lowest BCUT2D eigenvalue weighted by Crippen LogP contribution is -2.26. The number of carbonyl (C=O) groups excluding carboxylic acids is 1. The van der Waals surface area contributed by atoms with E-state index in [4.69, 9.17) is 20.6 Å². The van der Waals surface area contributed by atoms with Gasteiger partial charge in [-0.3, -0.25) is 10.2 Å². The van der Waals surface area contributed by atoms with Crippen LogP contribution in [0.1, 0.15) is 56.2 Å². The number of nitrogens with two attached hydrogens (primary N) is 1. The summed E-state index contributed by atoms with van der Waals surface area (Å²) in [5.41, 5.74) is 7.52. The zero-order chi connectivity index (χ0) is 25.3. The smallest absolute Gasteiger partial charge is 0.305 e. The van der Waals surface area contributed by atoms with Crippen LogP contribution < -0.4 is 15.2 Å². The second-order valence-electron chi connectivity index (χ2n) is 8.02. The lowest BCUT2D eigenvalue weighted by molar-refractivity contribution is -0.143. The Kier molecular flexibility index (Phi) is 12.0. The molecular weight excluding hydrogens is 494 g/mol. The standard InChI is InChI=1S/C24H33N3O6S.ClH/c1-4-32-23(29)6-5-13-33-21-14-18(16(2)3)8-7-17(21)11-12-27-34(30,31)22-15-19(24(25)26)9-10-20(22)28;/h7-10,14-16,27-28H,4-6,11-13H2,1-3H3,(H3,25,26);1H. The van der Waals surface area contributed by atoms with Gasteiger partial charge in [0.15, 0.2) is 0 Å². The van der Waals surface area contributed by atoms with Crippen LogP contribution in [0.3, 0.4) is 0 Å². The second kappa shape index (κ2) is 13.9. The van der Waals surface area contributed by atoms with Gasteiger partial charge in [-0.2, -0.15) is 0 Å². The summed E-state index contributed by atoms with van der Waals surface area (Å²) < 4.78 is 38.8. The maximum atomic E-state index is 12.7. The van der Waals surface area contributed by atoms with Crippen molar-refractivity contribution in [2.75, 3.05) is 19.8 Å². The number of phenols is 1. The minimum Gasteiger partial charge on any atom is -0.507 e. The molecule has 0 unspecified atom stereocenters. The first-order valence-corrected chi connectivity index (χ1v) is 12.6. The number of carbonyl (C=O) groups is 1. The molecule has 0 saturated heterocycles. The Bertz CT molecular complexity index is 1120. The van der Waals surface area contributed by atoms with Crippen molar-refractivity contribution < 1.29 is 27.8 Å². The zero-order valence-corrected chi connectivity index (χ0v) is 21.8. The lowest BCUT2D eigenvalue weighted by atomic mass is 10.00. The normalized spacial score (nSPS) is 11.1. The number of hydrogen-bond donors (Lipinski definition) is 4. The van der Waals surface area contributed by atoms with E-state index in [2.05, 4.69) is 18.6 Å². The van der Waals surface area contributed by atoms with Crippen LogP contribution in [-0.4, -0.2) is 45.1 Å². The highest BCUT2D eigenvalue weighted by Gasteiger charge is 2.20. The van der Waals surface area contributed by atoms with Gasteiger partial charge in [0.25, 0.3) is 0 Å². The van der Waals surface area contributed by atoms with Crippen LogP contribution in [0.5, 0.6) is 11.5 Å². The molecule has 0 aliphatic rings. The van der Waals surface area contributed by atoms with Crippen LogP contribution in [0.25, 0.3) is 0 Å². The van der Waals surface area contributed by atoms with Crippen molar-refractivity contribution in [3.63, 3.8) is 0 Å². The van der Waals surface area contributed by atoms with E-state index in [1.165, 1.54) is 12.1 Å². The number of rotatable bonds is 13. The van der Waals surface area contributed by atoms with Gasteiger partial charge in [-0.1, -0.05) is 26.0 Å². The Hall–Kier alpha value is -2.82. The zero-order valence-electron chi connectivity index (χ0n) is 20.2. The highest BCUT2D eigenvalue weighted by Crippen LogP contribution is 2.27. The van der Waals surface area contributed by atoms with E-state index in [9.17, 15) is 18.3 Å². The molecule has 0 aliphatic carbocycles. The van der Waals surface area contributed by atoms with Gasteiger partial charge in [0.05, 0.1) is 13.2 Å². The molecule has 5 N–H and O–H groups in total. The van der Waals surface area contributed by atoms with Gasteiger partial charge in [0.1, 0.15) is 22.2 Å². The van der Waals surface area contributed by atoms with Crippen LogP contribution in [0.4, 0.5) is 0 Å². The monoisotopic (exact) mass is 527 g/mol. The molecule has 2 aromatic rings. The summed E-state index contributed by atoms with van der Waals surface area (Å²) in [6.07, 6.45) is 1.11. The third-order valence-electron chi connectivity index (χ3n) is 5.09. The predicted molar refractivity (Wildman–Crippen MR) is 137 cm³/mol. The molecule has 194 valence electrons. The molecule has 0 saturated carbocycles. The summed E-state index contributed by atoms with van der Waals surface area (Å²) in [5, 5.41) is 17.5. The molecule has 0 aliphatic heterocycles. The van der Waals surface area contributed by atoms with Gasteiger partial charge in [-0.15, -0.1) is 12.4 Å². The molecule has 0 amide bonds. The average molecular weight is 528 g/mol. The van der Waals surface area contributed by atoms with Crippen LogP contribution in [0, 0.1) is 5.41 Å². The van der Waals surface area contributed by atoms with Gasteiger partial charge in [0.2, 0.25) is 10.0 Å². The number of nitrogen functional groups attached to an aromatic ring is 1. The topological polar surface area (TPSA) is 152 Å². The van der Waals surface area contributed by atoms with Gasteiger partial charge >= 0.3 is 5.97 Å². The minimum atomic E-state index is -4.03. The number of halogens is 1. The van der Waals surface area contributed by atoms with Gasteiger partial charge in [-0.05, 0) is 61.1 Å². The number of phenolic OH excluding ortho intramolecular Hbond substituents is 1. The highest BCUT2D eigenvalue weighted by atomic mass is 35.5. The Morgan fingerprint density at radius 2 is 1.91 bits per heavy atom. The summed E-state index contributed by atoms with van der Waals surface area (Å²) >= 11 is 0. The molecule has 0 bridgehead atoms. The van der Waals surface area contributed by atoms with Crippen LogP contribution in [-0.2, 0) is 26.0 Å². The number of aromatic hydroxyl groups is 1.